The summed E-state index contributed by atoms with van der Waals surface area (Å²) in [5.74, 6) is 0.917. The van der Waals surface area contributed by atoms with Crippen LogP contribution in [0.25, 0.3) is 6.08 Å². The van der Waals surface area contributed by atoms with E-state index in [2.05, 4.69) is 0 Å². The van der Waals surface area contributed by atoms with E-state index >= 15 is 0 Å². The molecule has 0 bridgehead atoms. The van der Waals surface area contributed by atoms with Crippen molar-refractivity contribution in [2.45, 2.75) is 19.8 Å². The number of rotatable bonds is 5. The smallest absolute Gasteiger partial charge is 0.264 e. The number of hydrogen-bond donors (Lipinski definition) is 0. The van der Waals surface area contributed by atoms with Gasteiger partial charge in [-0.15, -0.1) is 0 Å². The zero-order valence-electron chi connectivity index (χ0n) is 13.0. The molecular formula is C17H20N2O3. The molecule has 2 rings (SSSR count). The van der Waals surface area contributed by atoms with Crippen LogP contribution < -0.4 is 9.47 Å². The Morgan fingerprint density at radius 2 is 2.14 bits per heavy atom. The summed E-state index contributed by atoms with van der Waals surface area (Å²) in [5, 5.41) is 9.32. The maximum Gasteiger partial charge on any atom is 0.264 e. The molecule has 0 unspecified atom stereocenters. The number of amides is 1. The highest BCUT2D eigenvalue weighted by atomic mass is 16.5. The lowest BCUT2D eigenvalue weighted by atomic mass is 10.1. The predicted octanol–water partition coefficient (Wildman–Crippen LogP) is 2.62. The minimum atomic E-state index is -0.219. The van der Waals surface area contributed by atoms with Gasteiger partial charge in [-0.3, -0.25) is 4.79 Å². The average Bonchev–Trinajstić information content (AvgIpc) is 3.07. The molecule has 1 aliphatic heterocycles. The Morgan fingerprint density at radius 3 is 2.73 bits per heavy atom. The van der Waals surface area contributed by atoms with Crippen molar-refractivity contribution in [2.75, 3.05) is 26.8 Å². The van der Waals surface area contributed by atoms with Crippen LogP contribution in [0.3, 0.4) is 0 Å². The molecule has 0 N–H and O–H groups in total. The number of benzene rings is 1. The van der Waals surface area contributed by atoms with Crippen LogP contribution in [0.2, 0.25) is 0 Å². The van der Waals surface area contributed by atoms with Crippen LogP contribution in [0.1, 0.15) is 25.3 Å². The summed E-state index contributed by atoms with van der Waals surface area (Å²) in [5.41, 5.74) is 0.784. The van der Waals surface area contributed by atoms with Crippen molar-refractivity contribution < 1.29 is 14.3 Å². The van der Waals surface area contributed by atoms with Crippen LogP contribution in [-0.4, -0.2) is 37.6 Å². The molecule has 0 aliphatic carbocycles. The van der Waals surface area contributed by atoms with E-state index in [1.807, 2.05) is 19.1 Å². The zero-order valence-corrected chi connectivity index (χ0v) is 13.0. The fourth-order valence-electron chi connectivity index (χ4n) is 2.52. The van der Waals surface area contributed by atoms with Gasteiger partial charge in [0, 0.05) is 18.7 Å². The normalized spacial score (nSPS) is 14.6. The summed E-state index contributed by atoms with van der Waals surface area (Å²) in [7, 11) is 1.55. The maximum absolute atomic E-state index is 12.4. The number of ether oxygens (including phenoxy) is 2. The molecule has 5 nitrogen and oxygen atoms in total. The Balaban J connectivity index is 2.35. The molecule has 0 radical (unpaired) electrons. The van der Waals surface area contributed by atoms with Gasteiger partial charge in [-0.05, 0) is 31.9 Å². The summed E-state index contributed by atoms with van der Waals surface area (Å²) in [6.07, 6.45) is 3.56. The van der Waals surface area contributed by atoms with Gasteiger partial charge < -0.3 is 14.4 Å². The first kappa shape index (κ1) is 15.9. The summed E-state index contributed by atoms with van der Waals surface area (Å²) in [4.78, 5) is 14.1. The molecule has 0 aromatic heterocycles. The number of nitrogens with zero attached hydrogens (tertiary/aromatic N) is 2. The minimum absolute atomic E-state index is 0.119. The fourth-order valence-corrected chi connectivity index (χ4v) is 2.52. The van der Waals surface area contributed by atoms with Crippen molar-refractivity contribution in [3.8, 4) is 17.6 Å². The lowest BCUT2D eigenvalue weighted by molar-refractivity contribution is -0.125. The van der Waals surface area contributed by atoms with Crippen LogP contribution in [0, 0.1) is 11.3 Å². The monoisotopic (exact) mass is 300 g/mol. The van der Waals surface area contributed by atoms with E-state index in [-0.39, 0.29) is 11.5 Å². The van der Waals surface area contributed by atoms with Gasteiger partial charge in [0.1, 0.15) is 11.6 Å². The third-order valence-electron chi connectivity index (χ3n) is 3.56. The summed E-state index contributed by atoms with van der Waals surface area (Å²) in [6, 6.07) is 7.42. The number of methoxy groups -OCH3 is 1. The van der Waals surface area contributed by atoms with E-state index in [0.717, 1.165) is 12.8 Å². The second-order valence-electron chi connectivity index (χ2n) is 4.98. The second kappa shape index (κ2) is 7.51. The number of carbonyl (C=O) groups excluding carboxylic acids is 1. The first-order chi connectivity index (χ1) is 10.7. The highest BCUT2D eigenvalue weighted by Crippen LogP contribution is 2.32. The Morgan fingerprint density at radius 1 is 1.41 bits per heavy atom. The largest absolute Gasteiger partial charge is 0.492 e. The average molecular weight is 300 g/mol. The summed E-state index contributed by atoms with van der Waals surface area (Å²) >= 11 is 0. The molecule has 1 amide bonds. The lowest BCUT2D eigenvalue weighted by Crippen LogP contribution is -2.28. The van der Waals surface area contributed by atoms with Gasteiger partial charge in [-0.1, -0.05) is 12.1 Å². The van der Waals surface area contributed by atoms with Crippen LogP contribution >= 0.6 is 0 Å². The maximum atomic E-state index is 12.4. The molecule has 1 aromatic carbocycles. The van der Waals surface area contributed by atoms with E-state index in [9.17, 15) is 10.1 Å². The van der Waals surface area contributed by atoms with Crippen molar-refractivity contribution in [3.05, 3.63) is 29.3 Å². The molecule has 1 heterocycles. The van der Waals surface area contributed by atoms with Crippen LogP contribution in [-0.2, 0) is 4.79 Å². The Hall–Kier alpha value is -2.48. The molecule has 5 heteroatoms. The van der Waals surface area contributed by atoms with Gasteiger partial charge in [0.2, 0.25) is 0 Å². The first-order valence-electron chi connectivity index (χ1n) is 7.42. The number of nitriles is 1. The second-order valence-corrected chi connectivity index (χ2v) is 4.98. The van der Waals surface area contributed by atoms with Crippen molar-refractivity contribution in [2.24, 2.45) is 0 Å². The van der Waals surface area contributed by atoms with E-state index < -0.39 is 0 Å². The van der Waals surface area contributed by atoms with Crippen molar-refractivity contribution in [1.82, 2.24) is 4.90 Å². The van der Waals surface area contributed by atoms with Crippen molar-refractivity contribution in [1.29, 1.82) is 5.26 Å². The quantitative estimate of drug-likeness (QED) is 0.619. The molecule has 0 atom stereocenters. The van der Waals surface area contributed by atoms with Crippen LogP contribution in [0.5, 0.6) is 11.5 Å². The van der Waals surface area contributed by atoms with Gasteiger partial charge in [0.25, 0.3) is 5.91 Å². The molecule has 1 aromatic rings. The molecule has 0 spiro atoms. The molecule has 1 aliphatic rings. The molecule has 22 heavy (non-hydrogen) atoms. The molecule has 0 saturated carbocycles. The third-order valence-corrected chi connectivity index (χ3v) is 3.56. The van der Waals surface area contributed by atoms with Gasteiger partial charge >= 0.3 is 0 Å². The van der Waals surface area contributed by atoms with Gasteiger partial charge in [-0.25, -0.2) is 0 Å². The minimum Gasteiger partial charge on any atom is -0.492 e. The van der Waals surface area contributed by atoms with Crippen LogP contribution in [0.4, 0.5) is 0 Å². The standard InChI is InChI=1S/C17H20N2O3/c1-3-22-15-8-6-7-13(16(15)21-2)11-14(12-18)17(20)19-9-4-5-10-19/h6-8,11H,3-5,9-10H2,1-2H3/b14-11+. The van der Waals surface area contributed by atoms with E-state index in [0.29, 0.717) is 36.8 Å². The van der Waals surface area contributed by atoms with E-state index in [1.54, 1.807) is 30.2 Å². The Bertz CT molecular complexity index is 611. The van der Waals surface area contributed by atoms with Crippen molar-refractivity contribution in [3.63, 3.8) is 0 Å². The highest BCUT2D eigenvalue weighted by molar-refractivity contribution is 6.02. The fraction of sp³-hybridized carbons (Fsp3) is 0.412. The number of para-hydroxylation sites is 1. The zero-order chi connectivity index (χ0) is 15.9. The SMILES string of the molecule is CCOc1cccc(/C=C(\C#N)C(=O)N2CCCC2)c1OC. The third kappa shape index (κ3) is 3.40. The summed E-state index contributed by atoms with van der Waals surface area (Å²) in [6.45, 7) is 3.84. The summed E-state index contributed by atoms with van der Waals surface area (Å²) < 4.78 is 10.9. The number of carbonyl (C=O) groups is 1. The Kier molecular flexibility index (Phi) is 5.42. The lowest BCUT2D eigenvalue weighted by Gasteiger charge is -2.15. The topological polar surface area (TPSA) is 62.6 Å². The molecule has 116 valence electrons. The van der Waals surface area contributed by atoms with Gasteiger partial charge in [0.15, 0.2) is 11.5 Å². The number of likely N-dealkylation sites (tertiary alicyclic amines) is 1. The highest BCUT2D eigenvalue weighted by Gasteiger charge is 2.22. The first-order valence-corrected chi connectivity index (χ1v) is 7.42. The molecule has 1 saturated heterocycles. The predicted molar refractivity (Wildman–Crippen MR) is 83.6 cm³/mol. The van der Waals surface area contributed by atoms with E-state index in [1.165, 1.54) is 0 Å². The van der Waals surface area contributed by atoms with E-state index in [4.69, 9.17) is 9.47 Å². The van der Waals surface area contributed by atoms with Crippen LogP contribution in [0.15, 0.2) is 23.8 Å². The van der Waals surface area contributed by atoms with Crippen molar-refractivity contribution >= 4 is 12.0 Å². The number of hydrogen-bond acceptors (Lipinski definition) is 4. The van der Waals surface area contributed by atoms with Gasteiger partial charge in [0.05, 0.1) is 13.7 Å². The molecule has 1 fully saturated rings. The Labute approximate surface area is 130 Å². The van der Waals surface area contributed by atoms with Gasteiger partial charge in [-0.2, -0.15) is 5.26 Å². The molecular weight excluding hydrogens is 280 g/mol.